The van der Waals surface area contributed by atoms with E-state index in [4.69, 9.17) is 4.74 Å². The van der Waals surface area contributed by atoms with E-state index in [9.17, 15) is 19.1 Å². The molecular weight excluding hydrogens is 541 g/mol. The number of rotatable bonds is 3. The Kier molecular flexibility index (Phi) is 7.42. The number of piperidine rings is 1. The van der Waals surface area contributed by atoms with Gasteiger partial charge in [0.05, 0.1) is 43.4 Å². The Balaban J connectivity index is 1.27. The number of nitrogens with zero attached hydrogens (tertiary/aromatic N) is 3. The minimum absolute atomic E-state index is 0.139. The van der Waals surface area contributed by atoms with E-state index in [0.29, 0.717) is 50.5 Å². The number of benzene rings is 3. The van der Waals surface area contributed by atoms with Crippen molar-refractivity contribution in [2.45, 2.75) is 38.5 Å². The largest absolute Gasteiger partial charge is 0.491 e. The maximum Gasteiger partial charge on any atom is 0.413 e. The Labute approximate surface area is 242 Å². The molecule has 0 unspecified atom stereocenters. The Bertz CT molecular complexity index is 1640. The number of likely N-dealkylation sites (tertiary alicyclic amines) is 1. The van der Waals surface area contributed by atoms with Crippen molar-refractivity contribution in [1.82, 2.24) is 19.8 Å². The molecule has 0 saturated carbocycles. The summed E-state index contributed by atoms with van der Waals surface area (Å²) in [6.45, 7) is 3.52. The fraction of sp³-hybridized carbons (Fsp3) is 0.323. The number of imidazole rings is 1. The summed E-state index contributed by atoms with van der Waals surface area (Å²) in [5.41, 5.74) is 5.98. The van der Waals surface area contributed by atoms with E-state index in [1.54, 1.807) is 21.9 Å². The summed E-state index contributed by atoms with van der Waals surface area (Å²) in [6.07, 6.45) is -0.253. The smallest absolute Gasteiger partial charge is 0.413 e. The van der Waals surface area contributed by atoms with Gasteiger partial charge in [-0.15, -0.1) is 0 Å². The summed E-state index contributed by atoms with van der Waals surface area (Å²) < 4.78 is 24.4. The number of fused-ring (bicyclic) bond motifs is 2. The van der Waals surface area contributed by atoms with Gasteiger partial charge < -0.3 is 29.4 Å². The molecule has 42 heavy (non-hydrogen) atoms. The van der Waals surface area contributed by atoms with Crippen LogP contribution in [0.15, 0.2) is 54.6 Å². The predicted molar refractivity (Wildman–Crippen MR) is 155 cm³/mol. The molecule has 2 atom stereocenters. The molecule has 2 aliphatic rings. The lowest BCUT2D eigenvalue weighted by atomic mass is 9.93. The van der Waals surface area contributed by atoms with Crippen molar-refractivity contribution < 1.29 is 28.6 Å². The van der Waals surface area contributed by atoms with Gasteiger partial charge in [-0.3, -0.25) is 5.32 Å². The van der Waals surface area contributed by atoms with Gasteiger partial charge in [0.15, 0.2) is 0 Å². The van der Waals surface area contributed by atoms with Crippen LogP contribution in [0.4, 0.5) is 19.9 Å². The molecule has 1 aromatic heterocycles. The number of H-pyrrole nitrogens is 1. The van der Waals surface area contributed by atoms with E-state index >= 15 is 0 Å². The van der Waals surface area contributed by atoms with E-state index in [1.807, 2.05) is 31.2 Å². The van der Waals surface area contributed by atoms with Gasteiger partial charge in [0, 0.05) is 12.1 Å². The van der Waals surface area contributed by atoms with Crippen LogP contribution in [0.3, 0.4) is 0 Å². The maximum atomic E-state index is 14.0. The lowest BCUT2D eigenvalue weighted by Gasteiger charge is -2.40. The first-order valence-corrected chi connectivity index (χ1v) is 13.9. The van der Waals surface area contributed by atoms with Gasteiger partial charge in [0.1, 0.15) is 18.2 Å². The van der Waals surface area contributed by atoms with Crippen molar-refractivity contribution in [2.24, 2.45) is 0 Å². The molecule has 3 heterocycles. The first-order valence-electron chi connectivity index (χ1n) is 13.9. The number of hydrogen-bond acceptors (Lipinski definition) is 6. The predicted octanol–water partition coefficient (Wildman–Crippen LogP) is 5.37. The van der Waals surface area contributed by atoms with Gasteiger partial charge >= 0.3 is 12.1 Å². The van der Waals surface area contributed by atoms with E-state index in [2.05, 4.69) is 26.1 Å². The molecule has 3 aromatic carbocycles. The molecule has 0 radical (unpaired) electrons. The zero-order valence-corrected chi connectivity index (χ0v) is 23.4. The summed E-state index contributed by atoms with van der Waals surface area (Å²) >= 11 is 0. The van der Waals surface area contributed by atoms with Crippen molar-refractivity contribution in [2.75, 3.05) is 32.1 Å². The van der Waals surface area contributed by atoms with Crippen molar-refractivity contribution in [3.8, 4) is 16.9 Å². The number of urea groups is 1. The number of ether oxygens (including phenoxy) is 2. The second-order valence-electron chi connectivity index (χ2n) is 10.7. The topological polar surface area (TPSA) is 120 Å². The quantitative estimate of drug-likeness (QED) is 0.303. The lowest BCUT2D eigenvalue weighted by molar-refractivity contribution is 0.0456. The monoisotopic (exact) mass is 573 g/mol. The van der Waals surface area contributed by atoms with E-state index in [1.165, 1.54) is 19.2 Å². The Hall–Kier alpha value is -4.64. The number of anilines is 1. The van der Waals surface area contributed by atoms with Crippen LogP contribution in [0.25, 0.3) is 22.2 Å². The van der Waals surface area contributed by atoms with Crippen LogP contribution in [-0.2, 0) is 11.3 Å². The normalized spacial score (nSPS) is 18.7. The Morgan fingerprint density at radius 2 is 1.93 bits per heavy atom. The molecule has 0 bridgehead atoms. The minimum atomic E-state index is -0.612. The molecule has 10 nitrogen and oxygen atoms in total. The molecular formula is C31H32FN5O5. The molecule has 218 valence electrons. The van der Waals surface area contributed by atoms with E-state index in [0.717, 1.165) is 39.1 Å². The van der Waals surface area contributed by atoms with Crippen molar-refractivity contribution in [3.63, 3.8) is 0 Å². The first-order chi connectivity index (χ1) is 20.3. The number of amides is 3. The van der Waals surface area contributed by atoms with Gasteiger partial charge in [-0.1, -0.05) is 18.2 Å². The number of aliphatic hydroxyl groups is 1. The van der Waals surface area contributed by atoms with Gasteiger partial charge in [-0.25, -0.2) is 19.0 Å². The molecule has 3 amide bonds. The Morgan fingerprint density at radius 3 is 2.71 bits per heavy atom. The van der Waals surface area contributed by atoms with Crippen molar-refractivity contribution in [3.05, 3.63) is 77.1 Å². The zero-order valence-electron chi connectivity index (χ0n) is 23.4. The highest BCUT2D eigenvalue weighted by Gasteiger charge is 2.35. The maximum absolute atomic E-state index is 14.0. The number of halogens is 1. The molecule has 1 saturated heterocycles. The molecule has 3 N–H and O–H groups in total. The SMILES string of the molecule is COC(=O)Nc1nc2ccc(-c3cc(C)c4c(c3)CN(C(=O)N3CC[C@H](O)C[C@@H]3c3ccc(F)cc3)CCO4)cc2[nH]1. The number of aromatic amines is 1. The molecule has 11 heteroatoms. The number of aryl methyl sites for hydroxylation is 1. The summed E-state index contributed by atoms with van der Waals surface area (Å²) in [5.74, 6) is 0.717. The Morgan fingerprint density at radius 1 is 1.12 bits per heavy atom. The van der Waals surface area contributed by atoms with E-state index < -0.39 is 12.2 Å². The number of aromatic nitrogens is 2. The van der Waals surface area contributed by atoms with Gasteiger partial charge in [-0.2, -0.15) is 0 Å². The second kappa shape index (κ2) is 11.3. The summed E-state index contributed by atoms with van der Waals surface area (Å²) in [4.78, 5) is 36.6. The van der Waals surface area contributed by atoms with Crippen LogP contribution in [-0.4, -0.2) is 69.9 Å². The number of carbonyl (C=O) groups is 2. The van der Waals surface area contributed by atoms with Crippen LogP contribution < -0.4 is 10.1 Å². The molecule has 1 fully saturated rings. The molecule has 4 aromatic rings. The number of nitrogens with one attached hydrogen (secondary N) is 2. The highest BCUT2D eigenvalue weighted by Crippen LogP contribution is 2.36. The second-order valence-corrected chi connectivity index (χ2v) is 10.7. The zero-order chi connectivity index (χ0) is 29.4. The van der Waals surface area contributed by atoms with Crippen LogP contribution in [0.2, 0.25) is 0 Å². The van der Waals surface area contributed by atoms with Crippen LogP contribution in [0.5, 0.6) is 5.75 Å². The molecule has 0 spiro atoms. The average Bonchev–Trinajstić information content (AvgIpc) is 3.25. The fourth-order valence-corrected chi connectivity index (χ4v) is 5.80. The third kappa shape index (κ3) is 5.47. The number of aliphatic hydroxyl groups excluding tert-OH is 1. The summed E-state index contributed by atoms with van der Waals surface area (Å²) in [6, 6.07) is 15.5. The highest BCUT2D eigenvalue weighted by molar-refractivity contribution is 5.88. The van der Waals surface area contributed by atoms with Crippen LogP contribution in [0.1, 0.15) is 35.6 Å². The summed E-state index contributed by atoms with van der Waals surface area (Å²) in [5, 5.41) is 12.9. The van der Waals surface area contributed by atoms with Gasteiger partial charge in [0.25, 0.3) is 0 Å². The minimum Gasteiger partial charge on any atom is -0.491 e. The third-order valence-electron chi connectivity index (χ3n) is 7.89. The highest BCUT2D eigenvalue weighted by atomic mass is 19.1. The van der Waals surface area contributed by atoms with E-state index in [-0.39, 0.29) is 17.9 Å². The number of methoxy groups -OCH3 is 1. The molecule has 6 rings (SSSR count). The molecule has 0 aliphatic carbocycles. The molecule has 2 aliphatic heterocycles. The van der Waals surface area contributed by atoms with Crippen LogP contribution in [0, 0.1) is 12.7 Å². The lowest BCUT2D eigenvalue weighted by Crippen LogP contribution is -2.49. The van der Waals surface area contributed by atoms with Gasteiger partial charge in [0.2, 0.25) is 5.95 Å². The number of carbonyl (C=O) groups excluding carboxylic acids is 2. The fourth-order valence-electron chi connectivity index (χ4n) is 5.80. The first kappa shape index (κ1) is 27.5. The summed E-state index contributed by atoms with van der Waals surface area (Å²) in [7, 11) is 1.29. The standard InChI is InChI=1S/C31H32FN5O5/c1-18-13-21(20-5-8-25-26(15-20)34-29(33-25)35-30(39)41-2)14-22-17-36(11-12-42-28(18)22)31(40)37-10-9-24(38)16-27(37)19-3-6-23(32)7-4-19/h3-8,13-15,24,27,38H,9-12,16-17H2,1-2H3,(H2,33,34,35,39)/t24-,27+/m0/s1. The average molecular weight is 574 g/mol. The van der Waals surface area contributed by atoms with Crippen molar-refractivity contribution in [1.29, 1.82) is 0 Å². The number of hydrogen-bond donors (Lipinski definition) is 3. The van der Waals surface area contributed by atoms with Gasteiger partial charge in [-0.05, 0) is 78.4 Å². The van der Waals surface area contributed by atoms with Crippen LogP contribution >= 0.6 is 0 Å². The third-order valence-corrected chi connectivity index (χ3v) is 7.89. The van der Waals surface area contributed by atoms with Crippen molar-refractivity contribution >= 4 is 29.1 Å².